The predicted molar refractivity (Wildman–Crippen MR) is 64.5 cm³/mol. The van der Waals surface area contributed by atoms with Crippen molar-refractivity contribution >= 4 is 27.4 Å². The van der Waals surface area contributed by atoms with Gasteiger partial charge in [0.15, 0.2) is 0 Å². The van der Waals surface area contributed by atoms with Crippen molar-refractivity contribution in [1.82, 2.24) is 0 Å². The highest BCUT2D eigenvalue weighted by Gasteiger charge is 2.34. The third-order valence-corrected chi connectivity index (χ3v) is 4.84. The summed E-state index contributed by atoms with van der Waals surface area (Å²) in [6.07, 6.45) is 0. The second-order valence-corrected chi connectivity index (χ2v) is 6.35. The van der Waals surface area contributed by atoms with Crippen LogP contribution >= 0.6 is 11.6 Å². The van der Waals surface area contributed by atoms with Crippen LogP contribution in [0.3, 0.4) is 0 Å². The van der Waals surface area contributed by atoms with Crippen LogP contribution in [0.4, 0.5) is 4.39 Å². The fourth-order valence-corrected chi connectivity index (χ4v) is 3.41. The summed E-state index contributed by atoms with van der Waals surface area (Å²) in [5.74, 6) is -0.750. The van der Waals surface area contributed by atoms with Crippen LogP contribution < -0.4 is 0 Å². The van der Waals surface area contributed by atoms with Crippen molar-refractivity contribution in [3.63, 3.8) is 0 Å². The smallest absolute Gasteiger partial charge is 0.337 e. The highest BCUT2D eigenvalue weighted by atomic mass is 35.5. The Kier molecular flexibility index (Phi) is 3.80. The standard InChI is InChI=1S/C11H10ClFO5S/c1-17-11(14)6-2-8(12)7-4-18-5-10(13)19(15,16)9(7)3-6/h2-3,10H,4-5H2,1H3. The number of ether oxygens (including phenoxy) is 2. The molecule has 1 heterocycles. The highest BCUT2D eigenvalue weighted by molar-refractivity contribution is 7.92. The summed E-state index contributed by atoms with van der Waals surface area (Å²) < 4.78 is 46.9. The number of carbonyl (C=O) groups excluding carboxylic acids is 1. The Morgan fingerprint density at radius 1 is 1.53 bits per heavy atom. The average Bonchev–Trinajstić information content (AvgIpc) is 2.48. The van der Waals surface area contributed by atoms with E-state index in [-0.39, 0.29) is 27.7 Å². The van der Waals surface area contributed by atoms with E-state index in [0.717, 1.165) is 13.2 Å². The minimum absolute atomic E-state index is 0.0237. The Balaban J connectivity index is 2.70. The largest absolute Gasteiger partial charge is 0.465 e. The van der Waals surface area contributed by atoms with Gasteiger partial charge in [-0.3, -0.25) is 0 Å². The van der Waals surface area contributed by atoms with Gasteiger partial charge in [0.25, 0.3) is 0 Å². The number of halogens is 2. The van der Waals surface area contributed by atoms with Gasteiger partial charge in [-0.25, -0.2) is 17.6 Å². The van der Waals surface area contributed by atoms with Crippen LogP contribution in [0.1, 0.15) is 15.9 Å². The summed E-state index contributed by atoms with van der Waals surface area (Å²) >= 11 is 5.92. The lowest BCUT2D eigenvalue weighted by molar-refractivity contribution is 0.0600. The fraction of sp³-hybridized carbons (Fsp3) is 0.364. The molecule has 1 atom stereocenters. The lowest BCUT2D eigenvalue weighted by Crippen LogP contribution is -2.20. The number of carbonyl (C=O) groups is 1. The van der Waals surface area contributed by atoms with Crippen LogP contribution in [0, 0.1) is 0 Å². The van der Waals surface area contributed by atoms with E-state index >= 15 is 0 Å². The predicted octanol–water partition coefficient (Wildman–Crippen LogP) is 1.73. The first kappa shape index (κ1) is 14.2. The van der Waals surface area contributed by atoms with E-state index in [1.54, 1.807) is 0 Å². The third kappa shape index (κ3) is 2.45. The number of fused-ring (bicyclic) bond motifs is 1. The molecule has 1 aromatic rings. The fourth-order valence-electron chi connectivity index (χ4n) is 1.72. The van der Waals surface area contributed by atoms with E-state index in [9.17, 15) is 17.6 Å². The number of alkyl halides is 1. The summed E-state index contributed by atoms with van der Waals surface area (Å²) in [4.78, 5) is 11.1. The molecular weight excluding hydrogens is 299 g/mol. The molecule has 0 N–H and O–H groups in total. The van der Waals surface area contributed by atoms with E-state index in [1.807, 2.05) is 0 Å². The van der Waals surface area contributed by atoms with E-state index in [4.69, 9.17) is 16.3 Å². The number of sulfone groups is 1. The van der Waals surface area contributed by atoms with Gasteiger partial charge in [-0.05, 0) is 12.1 Å². The molecule has 0 saturated carbocycles. The monoisotopic (exact) mass is 308 g/mol. The maximum Gasteiger partial charge on any atom is 0.337 e. The molecule has 0 saturated heterocycles. The number of hydrogen-bond acceptors (Lipinski definition) is 5. The van der Waals surface area contributed by atoms with Crippen LogP contribution in [0.5, 0.6) is 0 Å². The Morgan fingerprint density at radius 3 is 2.84 bits per heavy atom. The zero-order valence-corrected chi connectivity index (χ0v) is 11.4. The summed E-state index contributed by atoms with van der Waals surface area (Å²) in [6, 6.07) is 2.33. The summed E-state index contributed by atoms with van der Waals surface area (Å²) in [6.45, 7) is -0.698. The zero-order chi connectivity index (χ0) is 14.2. The summed E-state index contributed by atoms with van der Waals surface area (Å²) in [7, 11) is -3.08. The molecule has 1 aromatic carbocycles. The van der Waals surface area contributed by atoms with E-state index in [2.05, 4.69) is 4.74 Å². The molecule has 19 heavy (non-hydrogen) atoms. The maximum atomic E-state index is 13.6. The van der Waals surface area contributed by atoms with Crippen molar-refractivity contribution in [1.29, 1.82) is 0 Å². The summed E-state index contributed by atoms with van der Waals surface area (Å²) in [5, 5.41) is 0.0237. The first-order valence-electron chi connectivity index (χ1n) is 5.24. The van der Waals surface area contributed by atoms with Gasteiger partial charge in [0.1, 0.15) is 0 Å². The number of hydrogen-bond donors (Lipinski definition) is 0. The van der Waals surface area contributed by atoms with E-state index in [0.29, 0.717) is 0 Å². The Bertz CT molecular complexity index is 628. The number of benzene rings is 1. The minimum Gasteiger partial charge on any atom is -0.465 e. The lowest BCUT2D eigenvalue weighted by atomic mass is 10.1. The molecule has 1 unspecified atom stereocenters. The van der Waals surface area contributed by atoms with Crippen molar-refractivity contribution in [3.8, 4) is 0 Å². The van der Waals surface area contributed by atoms with Crippen LogP contribution in [-0.2, 0) is 25.9 Å². The lowest BCUT2D eigenvalue weighted by Gasteiger charge is -2.10. The van der Waals surface area contributed by atoms with Crippen molar-refractivity contribution in [2.24, 2.45) is 0 Å². The van der Waals surface area contributed by atoms with E-state index < -0.39 is 27.9 Å². The Hall–Kier alpha value is -1.18. The molecule has 0 aromatic heterocycles. The van der Waals surface area contributed by atoms with Gasteiger partial charge in [0.2, 0.25) is 15.3 Å². The van der Waals surface area contributed by atoms with Crippen LogP contribution in [-0.4, -0.2) is 33.6 Å². The van der Waals surface area contributed by atoms with Gasteiger partial charge >= 0.3 is 5.97 Å². The van der Waals surface area contributed by atoms with Crippen molar-refractivity contribution < 1.29 is 27.1 Å². The molecule has 8 heteroatoms. The molecule has 1 aliphatic rings. The molecule has 0 fully saturated rings. The quantitative estimate of drug-likeness (QED) is 0.739. The molecular formula is C11H10ClFO5S. The van der Waals surface area contributed by atoms with Gasteiger partial charge in [-0.1, -0.05) is 11.6 Å². The molecule has 1 aliphatic heterocycles. The van der Waals surface area contributed by atoms with Gasteiger partial charge in [0.05, 0.1) is 30.8 Å². The van der Waals surface area contributed by atoms with Gasteiger partial charge < -0.3 is 9.47 Å². The zero-order valence-electron chi connectivity index (χ0n) is 9.85. The molecule has 0 spiro atoms. The normalized spacial score (nSPS) is 21.3. The molecule has 5 nitrogen and oxygen atoms in total. The number of esters is 1. The number of rotatable bonds is 1. The van der Waals surface area contributed by atoms with Crippen molar-refractivity contribution in [2.75, 3.05) is 13.7 Å². The maximum absolute atomic E-state index is 13.6. The minimum atomic E-state index is -4.23. The second-order valence-electron chi connectivity index (χ2n) is 3.90. The van der Waals surface area contributed by atoms with E-state index in [1.165, 1.54) is 6.07 Å². The van der Waals surface area contributed by atoms with Gasteiger partial charge in [0, 0.05) is 10.6 Å². The van der Waals surface area contributed by atoms with Crippen molar-refractivity contribution in [2.45, 2.75) is 17.0 Å². The first-order valence-corrected chi connectivity index (χ1v) is 7.16. The van der Waals surface area contributed by atoms with Crippen LogP contribution in [0.25, 0.3) is 0 Å². The Labute approximate surface area is 114 Å². The Morgan fingerprint density at radius 2 is 2.21 bits per heavy atom. The molecule has 0 aliphatic carbocycles. The highest BCUT2D eigenvalue weighted by Crippen LogP contribution is 2.32. The summed E-state index contributed by atoms with van der Waals surface area (Å²) in [5.41, 5.74) is -2.09. The SMILES string of the molecule is COC(=O)c1cc(Cl)c2c(c1)S(=O)(=O)C(F)COC2. The molecule has 2 rings (SSSR count). The first-order chi connectivity index (χ1) is 8.87. The second kappa shape index (κ2) is 5.07. The van der Waals surface area contributed by atoms with Gasteiger partial charge in [-0.15, -0.1) is 0 Å². The molecule has 0 bridgehead atoms. The van der Waals surface area contributed by atoms with Crippen LogP contribution in [0.2, 0.25) is 5.02 Å². The van der Waals surface area contributed by atoms with Crippen molar-refractivity contribution in [3.05, 3.63) is 28.3 Å². The average molecular weight is 309 g/mol. The molecule has 0 radical (unpaired) electrons. The third-order valence-electron chi connectivity index (χ3n) is 2.71. The topological polar surface area (TPSA) is 69.7 Å². The van der Waals surface area contributed by atoms with Crippen LogP contribution in [0.15, 0.2) is 17.0 Å². The molecule has 104 valence electrons. The number of methoxy groups -OCH3 is 1. The van der Waals surface area contributed by atoms with Gasteiger partial charge in [-0.2, -0.15) is 0 Å². The molecule has 0 amide bonds.